The molecule has 0 aromatic heterocycles. The maximum Gasteiger partial charge on any atom is 0.221 e. The van der Waals surface area contributed by atoms with E-state index in [1.54, 1.807) is 6.07 Å². The molecule has 0 amide bonds. The summed E-state index contributed by atoms with van der Waals surface area (Å²) in [4.78, 5) is 0. The fourth-order valence-corrected chi connectivity index (χ4v) is 7.37. The molecule has 7 heteroatoms. The minimum Gasteiger partial charge on any atom is -0.396 e. The van der Waals surface area contributed by atoms with Crippen molar-refractivity contribution in [3.8, 4) is 0 Å². The van der Waals surface area contributed by atoms with Crippen LogP contribution in [0.25, 0.3) is 0 Å². The standard InChI is InChI=1S/C25H32FNO4S/c1-19-7-10-24(20-5-3-2-4-6-20)32(29,30)27(19)18-21-8-9-22(17-23(21)26)25(11-14-28)12-15-31-16-13-25/h2-6,8-9,17,19,24,28H,7,10-16,18H2,1H3. The largest absolute Gasteiger partial charge is 0.396 e. The van der Waals surface area contributed by atoms with Gasteiger partial charge >= 0.3 is 0 Å². The Balaban J connectivity index is 1.60. The predicted octanol–water partition coefficient (Wildman–Crippen LogP) is 4.31. The number of sulfonamides is 1. The molecule has 2 atom stereocenters. The van der Waals surface area contributed by atoms with Crippen molar-refractivity contribution in [2.24, 2.45) is 0 Å². The van der Waals surface area contributed by atoms with Gasteiger partial charge in [-0.15, -0.1) is 0 Å². The molecule has 0 radical (unpaired) electrons. The fraction of sp³-hybridized carbons (Fsp3) is 0.520. The SMILES string of the molecule is CC1CCC(c2ccccc2)S(=O)(=O)N1Cc1ccc(C2(CCO)CCOCC2)cc1F. The van der Waals surface area contributed by atoms with Gasteiger partial charge in [-0.1, -0.05) is 42.5 Å². The quantitative estimate of drug-likeness (QED) is 0.696. The Morgan fingerprint density at radius 1 is 1.12 bits per heavy atom. The number of hydrogen-bond donors (Lipinski definition) is 1. The van der Waals surface area contributed by atoms with Gasteiger partial charge in [0.25, 0.3) is 0 Å². The molecule has 0 aliphatic carbocycles. The summed E-state index contributed by atoms with van der Waals surface area (Å²) in [6, 6.07) is 14.2. The van der Waals surface area contributed by atoms with Gasteiger partial charge in [0.1, 0.15) is 11.1 Å². The Labute approximate surface area is 190 Å². The monoisotopic (exact) mass is 461 g/mol. The smallest absolute Gasteiger partial charge is 0.221 e. The Kier molecular flexibility index (Phi) is 7.00. The van der Waals surface area contributed by atoms with Crippen molar-refractivity contribution in [2.45, 2.75) is 62.3 Å². The molecule has 2 unspecified atom stereocenters. The zero-order chi connectivity index (χ0) is 22.8. The number of rotatable bonds is 6. The van der Waals surface area contributed by atoms with Gasteiger partial charge in [-0.3, -0.25) is 0 Å². The molecule has 174 valence electrons. The van der Waals surface area contributed by atoms with Crippen molar-refractivity contribution in [1.29, 1.82) is 0 Å². The third kappa shape index (κ3) is 4.49. The van der Waals surface area contributed by atoms with E-state index in [2.05, 4.69) is 0 Å². The maximum absolute atomic E-state index is 15.3. The van der Waals surface area contributed by atoms with Gasteiger partial charge in [0, 0.05) is 43.4 Å². The van der Waals surface area contributed by atoms with Crippen molar-refractivity contribution in [2.75, 3.05) is 19.8 Å². The van der Waals surface area contributed by atoms with Crippen molar-refractivity contribution >= 4 is 10.0 Å². The Bertz CT molecular complexity index is 1020. The summed E-state index contributed by atoms with van der Waals surface area (Å²) in [5, 5.41) is 8.98. The molecule has 2 saturated heterocycles. The average molecular weight is 462 g/mol. The van der Waals surface area contributed by atoms with E-state index in [4.69, 9.17) is 4.74 Å². The summed E-state index contributed by atoms with van der Waals surface area (Å²) < 4.78 is 49.1. The molecule has 1 N–H and O–H groups in total. The summed E-state index contributed by atoms with van der Waals surface area (Å²) in [6.45, 7) is 3.13. The Morgan fingerprint density at radius 2 is 1.84 bits per heavy atom. The molecule has 2 aliphatic rings. The molecule has 2 fully saturated rings. The Morgan fingerprint density at radius 3 is 2.50 bits per heavy atom. The van der Waals surface area contributed by atoms with Crippen LogP contribution in [-0.4, -0.2) is 43.7 Å². The van der Waals surface area contributed by atoms with Crippen LogP contribution in [0.5, 0.6) is 0 Å². The highest BCUT2D eigenvalue weighted by Gasteiger charge is 2.41. The summed E-state index contributed by atoms with van der Waals surface area (Å²) in [6.07, 6.45) is 3.34. The average Bonchev–Trinajstić information content (AvgIpc) is 2.78. The topological polar surface area (TPSA) is 66.8 Å². The number of halogens is 1. The van der Waals surface area contributed by atoms with E-state index in [0.29, 0.717) is 31.6 Å². The molecule has 2 heterocycles. The van der Waals surface area contributed by atoms with Gasteiger partial charge in [-0.25, -0.2) is 12.8 Å². The van der Waals surface area contributed by atoms with Crippen molar-refractivity contribution < 1.29 is 22.7 Å². The van der Waals surface area contributed by atoms with E-state index < -0.39 is 21.1 Å². The lowest BCUT2D eigenvalue weighted by molar-refractivity contribution is 0.0399. The van der Waals surface area contributed by atoms with Crippen LogP contribution in [0.1, 0.15) is 61.0 Å². The van der Waals surface area contributed by atoms with E-state index in [1.165, 1.54) is 10.4 Å². The molecule has 2 aromatic rings. The molecule has 2 aromatic carbocycles. The van der Waals surface area contributed by atoms with Crippen molar-refractivity contribution in [3.05, 3.63) is 71.0 Å². The van der Waals surface area contributed by atoms with E-state index >= 15 is 4.39 Å². The number of hydrogen-bond acceptors (Lipinski definition) is 4. The number of aliphatic hydroxyl groups is 1. The van der Waals surface area contributed by atoms with E-state index in [1.807, 2.05) is 43.3 Å². The van der Waals surface area contributed by atoms with Gasteiger partial charge in [0.05, 0.1) is 0 Å². The van der Waals surface area contributed by atoms with Crippen LogP contribution in [0.15, 0.2) is 48.5 Å². The lowest BCUT2D eigenvalue weighted by atomic mass is 9.72. The van der Waals surface area contributed by atoms with E-state index in [0.717, 1.165) is 30.4 Å². The summed E-state index contributed by atoms with van der Waals surface area (Å²) in [5.74, 6) is -0.393. The molecular formula is C25H32FNO4S. The molecule has 2 aliphatic heterocycles. The maximum atomic E-state index is 15.3. The highest BCUT2D eigenvalue weighted by atomic mass is 32.2. The van der Waals surface area contributed by atoms with E-state index in [-0.39, 0.29) is 24.6 Å². The molecule has 5 nitrogen and oxygen atoms in total. The molecule has 32 heavy (non-hydrogen) atoms. The lowest BCUT2D eigenvalue weighted by Gasteiger charge is -2.38. The van der Waals surface area contributed by atoms with Crippen LogP contribution < -0.4 is 0 Å². The number of ether oxygens (including phenoxy) is 1. The zero-order valence-electron chi connectivity index (χ0n) is 18.5. The minimum atomic E-state index is -3.62. The molecular weight excluding hydrogens is 429 g/mol. The van der Waals surface area contributed by atoms with Crippen LogP contribution >= 0.6 is 0 Å². The number of benzene rings is 2. The van der Waals surface area contributed by atoms with Crippen molar-refractivity contribution in [1.82, 2.24) is 4.31 Å². The van der Waals surface area contributed by atoms with Crippen LogP contribution in [0.3, 0.4) is 0 Å². The molecule has 0 saturated carbocycles. The first-order valence-corrected chi connectivity index (χ1v) is 12.9. The second-order valence-corrected chi connectivity index (χ2v) is 11.2. The van der Waals surface area contributed by atoms with Gasteiger partial charge in [0.15, 0.2) is 0 Å². The van der Waals surface area contributed by atoms with Crippen LogP contribution in [0, 0.1) is 5.82 Å². The van der Waals surface area contributed by atoms with Gasteiger partial charge in [0.2, 0.25) is 10.0 Å². The second-order valence-electron chi connectivity index (χ2n) is 9.09. The first-order valence-electron chi connectivity index (χ1n) is 11.4. The second kappa shape index (κ2) is 9.59. The molecule has 4 rings (SSSR count). The van der Waals surface area contributed by atoms with Crippen LogP contribution in [0.2, 0.25) is 0 Å². The summed E-state index contributed by atoms with van der Waals surface area (Å²) >= 11 is 0. The van der Waals surface area contributed by atoms with Gasteiger partial charge in [-0.05, 0) is 56.2 Å². The summed E-state index contributed by atoms with van der Waals surface area (Å²) in [7, 11) is -3.62. The van der Waals surface area contributed by atoms with Gasteiger partial charge in [-0.2, -0.15) is 4.31 Å². The van der Waals surface area contributed by atoms with Gasteiger partial charge < -0.3 is 9.84 Å². The summed E-state index contributed by atoms with van der Waals surface area (Å²) in [5.41, 5.74) is 1.72. The normalized spacial score (nSPS) is 25.5. The van der Waals surface area contributed by atoms with Crippen LogP contribution in [-0.2, 0) is 26.7 Å². The highest BCUT2D eigenvalue weighted by molar-refractivity contribution is 7.89. The highest BCUT2D eigenvalue weighted by Crippen LogP contribution is 2.40. The number of aliphatic hydroxyl groups excluding tert-OH is 1. The fourth-order valence-electron chi connectivity index (χ4n) is 5.18. The van der Waals surface area contributed by atoms with Crippen LogP contribution in [0.4, 0.5) is 4.39 Å². The first-order chi connectivity index (χ1) is 15.4. The zero-order valence-corrected chi connectivity index (χ0v) is 19.4. The Hall–Kier alpha value is -1.80. The lowest BCUT2D eigenvalue weighted by Crippen LogP contribution is -2.44. The van der Waals surface area contributed by atoms with Crippen molar-refractivity contribution in [3.63, 3.8) is 0 Å². The first kappa shape index (κ1) is 23.4. The number of nitrogens with zero attached hydrogens (tertiary/aromatic N) is 1. The predicted molar refractivity (Wildman–Crippen MR) is 122 cm³/mol. The molecule has 0 bridgehead atoms. The van der Waals surface area contributed by atoms with E-state index in [9.17, 15) is 13.5 Å². The molecule has 0 spiro atoms. The minimum absolute atomic E-state index is 0.0229. The third-order valence-corrected chi connectivity index (χ3v) is 9.60. The third-order valence-electron chi connectivity index (χ3n) is 7.23.